The van der Waals surface area contributed by atoms with Crippen molar-refractivity contribution >= 4 is 46.1 Å². The van der Waals surface area contributed by atoms with Crippen molar-refractivity contribution in [1.29, 1.82) is 5.26 Å². The van der Waals surface area contributed by atoms with E-state index >= 15 is 0 Å². The highest BCUT2D eigenvalue weighted by atomic mass is 32.2. The third-order valence-electron chi connectivity index (χ3n) is 6.49. The predicted octanol–water partition coefficient (Wildman–Crippen LogP) is 1.61. The molecule has 176 valence electrons. The van der Waals surface area contributed by atoms with Crippen molar-refractivity contribution in [1.82, 2.24) is 9.47 Å². The van der Waals surface area contributed by atoms with Crippen LogP contribution in [0.5, 0.6) is 0 Å². The summed E-state index contributed by atoms with van der Waals surface area (Å²) in [5.41, 5.74) is 3.28. The van der Waals surface area contributed by atoms with Gasteiger partial charge in [-0.1, -0.05) is 53.8 Å². The molecule has 0 unspecified atom stereocenters. The topological polar surface area (TPSA) is 73.8 Å². The summed E-state index contributed by atoms with van der Waals surface area (Å²) in [6.07, 6.45) is 1.81. The van der Waals surface area contributed by atoms with Crippen LogP contribution in [-0.4, -0.2) is 52.9 Å². The van der Waals surface area contributed by atoms with Gasteiger partial charge < -0.3 is 9.80 Å². The Labute approximate surface area is 209 Å². The number of carbonyl (C=O) groups is 1. The lowest BCUT2D eigenvalue weighted by atomic mass is 10.0. The van der Waals surface area contributed by atoms with Crippen LogP contribution >= 0.6 is 24.0 Å². The highest BCUT2D eigenvalue weighted by Crippen LogP contribution is 2.36. The molecule has 0 bridgehead atoms. The quantitative estimate of drug-likeness (QED) is 0.514. The second-order valence-corrected chi connectivity index (χ2v) is 10.6. The number of rotatable bonds is 4. The van der Waals surface area contributed by atoms with Gasteiger partial charge in [0, 0.05) is 12.6 Å². The smallest absolute Gasteiger partial charge is 0.270 e. The fourth-order valence-electron chi connectivity index (χ4n) is 4.34. The molecule has 0 atom stereocenters. The molecule has 1 amide bonds. The molecule has 1 N–H and O–H groups in total. The molecule has 4 rings (SSSR count). The van der Waals surface area contributed by atoms with Crippen LogP contribution in [-0.2, 0) is 18.4 Å². The fraction of sp³-hybridized carbons (Fsp3) is 0.360. The molecule has 2 saturated heterocycles. The van der Waals surface area contributed by atoms with Crippen LogP contribution in [0, 0.1) is 25.2 Å². The van der Waals surface area contributed by atoms with Gasteiger partial charge in [-0.2, -0.15) is 5.26 Å². The average Bonchev–Trinajstić information content (AvgIpc) is 3.07. The Morgan fingerprint density at radius 3 is 2.44 bits per heavy atom. The van der Waals surface area contributed by atoms with Gasteiger partial charge in [-0.25, -0.2) is 0 Å². The van der Waals surface area contributed by atoms with E-state index in [0.29, 0.717) is 21.3 Å². The van der Waals surface area contributed by atoms with Crippen molar-refractivity contribution in [2.24, 2.45) is 7.05 Å². The minimum Gasteiger partial charge on any atom is -0.346 e. The molecule has 7 nitrogen and oxygen atoms in total. The fourth-order valence-corrected chi connectivity index (χ4v) is 5.57. The van der Waals surface area contributed by atoms with Crippen LogP contribution in [0.25, 0.3) is 6.08 Å². The number of carbonyl (C=O) groups excluding carboxylic acids is 1. The third kappa shape index (κ3) is 4.53. The van der Waals surface area contributed by atoms with Crippen molar-refractivity contribution in [3.8, 4) is 6.07 Å². The van der Waals surface area contributed by atoms with E-state index in [-0.39, 0.29) is 17.0 Å². The maximum Gasteiger partial charge on any atom is 0.270 e. The molecular formula is C25H28N5O2S2+. The van der Waals surface area contributed by atoms with Crippen LogP contribution in [0.15, 0.2) is 34.0 Å². The Hall–Kier alpha value is -2.93. The molecular weight excluding hydrogens is 466 g/mol. The maximum atomic E-state index is 13.3. The number of nitrogens with one attached hydrogen (secondary N) is 1. The Kier molecular flexibility index (Phi) is 6.94. The number of thiocarbonyl (C=S) groups is 1. The molecule has 2 aliphatic heterocycles. The molecule has 2 fully saturated rings. The zero-order chi connectivity index (χ0) is 24.6. The molecule has 2 aromatic rings. The van der Waals surface area contributed by atoms with Crippen LogP contribution in [0.3, 0.4) is 0 Å². The number of aromatic nitrogens is 1. The van der Waals surface area contributed by atoms with Crippen molar-refractivity contribution in [2.45, 2.75) is 20.4 Å². The molecule has 2 aliphatic rings. The summed E-state index contributed by atoms with van der Waals surface area (Å²) < 4.78 is 2.05. The first-order valence-corrected chi connectivity index (χ1v) is 12.4. The van der Waals surface area contributed by atoms with Gasteiger partial charge in [-0.15, -0.1) is 0 Å². The van der Waals surface area contributed by atoms with Gasteiger partial charge >= 0.3 is 0 Å². The molecule has 3 heterocycles. The van der Waals surface area contributed by atoms with E-state index in [2.05, 4.69) is 18.0 Å². The van der Waals surface area contributed by atoms with Crippen LogP contribution in [0.4, 0.5) is 5.82 Å². The van der Waals surface area contributed by atoms with Gasteiger partial charge in [0.25, 0.3) is 11.5 Å². The Bertz CT molecular complexity index is 1280. The number of nitrogens with zero attached hydrogens (tertiary/aromatic N) is 4. The lowest BCUT2D eigenvalue weighted by molar-refractivity contribution is -0.880. The van der Waals surface area contributed by atoms with E-state index in [4.69, 9.17) is 12.2 Å². The van der Waals surface area contributed by atoms with Crippen LogP contribution in [0.2, 0.25) is 0 Å². The van der Waals surface area contributed by atoms with E-state index in [1.807, 2.05) is 37.3 Å². The lowest BCUT2D eigenvalue weighted by Crippen LogP contribution is -3.12. The number of amides is 1. The minimum atomic E-state index is -0.314. The number of hydrogen-bond acceptors (Lipinski definition) is 6. The molecule has 34 heavy (non-hydrogen) atoms. The standard InChI is InChI=1S/C25H27N5O2S2/c1-16-5-7-18(8-6-16)15-30-24(32)21(34-25(30)33)13-19-17(2)20(14-26)23(31)28(4)22(19)29-11-9-27(3)10-12-29/h5-8,13H,9-12,15H2,1-4H3/p+1/b21-13-. The Morgan fingerprint density at radius 2 is 1.82 bits per heavy atom. The van der Waals surface area contributed by atoms with Gasteiger partial charge in [0.2, 0.25) is 0 Å². The number of hydrogen-bond donors (Lipinski definition) is 1. The molecule has 0 aliphatic carbocycles. The summed E-state index contributed by atoms with van der Waals surface area (Å²) in [6, 6.07) is 10.1. The van der Waals surface area contributed by atoms with E-state index < -0.39 is 0 Å². The summed E-state index contributed by atoms with van der Waals surface area (Å²) >= 11 is 6.80. The number of likely N-dealkylation sites (N-methyl/N-ethyl adjacent to an activating group) is 1. The summed E-state index contributed by atoms with van der Waals surface area (Å²) in [5.74, 6) is 0.592. The van der Waals surface area contributed by atoms with Crippen molar-refractivity contribution in [2.75, 3.05) is 38.1 Å². The van der Waals surface area contributed by atoms with Crippen LogP contribution < -0.4 is 15.4 Å². The number of piperazine rings is 1. The highest BCUT2D eigenvalue weighted by Gasteiger charge is 2.33. The second-order valence-electron chi connectivity index (χ2n) is 8.91. The van der Waals surface area contributed by atoms with Gasteiger partial charge in [-0.3, -0.25) is 19.1 Å². The average molecular weight is 495 g/mol. The third-order valence-corrected chi connectivity index (χ3v) is 7.87. The molecule has 1 aromatic heterocycles. The lowest BCUT2D eigenvalue weighted by Gasteiger charge is -2.34. The van der Waals surface area contributed by atoms with Gasteiger partial charge in [0.15, 0.2) is 0 Å². The van der Waals surface area contributed by atoms with E-state index in [1.165, 1.54) is 16.7 Å². The molecule has 0 spiro atoms. The second kappa shape index (κ2) is 9.74. The van der Waals surface area contributed by atoms with Crippen molar-refractivity contribution in [3.05, 3.63) is 67.3 Å². The van der Waals surface area contributed by atoms with E-state index in [0.717, 1.165) is 48.7 Å². The number of aryl methyl sites for hydroxylation is 1. The first-order valence-electron chi connectivity index (χ1n) is 11.2. The SMILES string of the molecule is Cc1ccc(CN2C(=O)/C(=C/c3c(C)c(C#N)c(=O)n(C)c3N3CC[NH+](C)CC3)SC2=S)cc1. The summed E-state index contributed by atoms with van der Waals surface area (Å²) in [5, 5.41) is 9.66. The number of quaternary nitrogens is 1. The van der Waals surface area contributed by atoms with E-state index in [9.17, 15) is 14.9 Å². The van der Waals surface area contributed by atoms with Gasteiger partial charge in [0.05, 0.1) is 44.7 Å². The van der Waals surface area contributed by atoms with Gasteiger partial charge in [0.1, 0.15) is 21.8 Å². The first kappa shape index (κ1) is 24.2. The Morgan fingerprint density at radius 1 is 1.18 bits per heavy atom. The number of nitriles is 1. The zero-order valence-corrected chi connectivity index (χ0v) is 21.5. The highest BCUT2D eigenvalue weighted by molar-refractivity contribution is 8.26. The van der Waals surface area contributed by atoms with E-state index in [1.54, 1.807) is 23.4 Å². The normalized spacial score (nSPS) is 18.1. The monoisotopic (exact) mass is 494 g/mol. The summed E-state index contributed by atoms with van der Waals surface area (Å²) in [6.45, 7) is 7.70. The number of anilines is 1. The summed E-state index contributed by atoms with van der Waals surface area (Å²) in [4.78, 5) is 32.0. The predicted molar refractivity (Wildman–Crippen MR) is 140 cm³/mol. The molecule has 1 aromatic carbocycles. The minimum absolute atomic E-state index is 0.104. The molecule has 9 heteroatoms. The van der Waals surface area contributed by atoms with Crippen molar-refractivity contribution < 1.29 is 9.69 Å². The van der Waals surface area contributed by atoms with Crippen LogP contribution in [0.1, 0.15) is 27.8 Å². The molecule has 0 saturated carbocycles. The Balaban J connectivity index is 1.75. The van der Waals surface area contributed by atoms with Crippen molar-refractivity contribution in [3.63, 3.8) is 0 Å². The number of thioether (sulfide) groups is 1. The number of benzene rings is 1. The number of pyridine rings is 1. The zero-order valence-electron chi connectivity index (χ0n) is 19.8. The molecule has 0 radical (unpaired) electrons. The summed E-state index contributed by atoms with van der Waals surface area (Å²) in [7, 11) is 3.85. The maximum absolute atomic E-state index is 13.3. The van der Waals surface area contributed by atoms with Gasteiger partial charge in [-0.05, 0) is 31.1 Å². The first-order chi connectivity index (χ1) is 16.2. The largest absolute Gasteiger partial charge is 0.346 e.